The van der Waals surface area contributed by atoms with Crippen molar-refractivity contribution in [3.63, 3.8) is 0 Å². The maximum Gasteiger partial charge on any atom is 0.243 e. The first-order valence-corrected chi connectivity index (χ1v) is 8.71. The molecule has 1 N–H and O–H groups in total. The zero-order valence-corrected chi connectivity index (χ0v) is 15.5. The Bertz CT molecular complexity index is 882. The van der Waals surface area contributed by atoms with Crippen LogP contribution in [0.3, 0.4) is 0 Å². The maximum atomic E-state index is 13.0. The van der Waals surface area contributed by atoms with Crippen LogP contribution in [0.4, 0.5) is 10.3 Å². The summed E-state index contributed by atoms with van der Waals surface area (Å²) in [7, 11) is 0. The van der Waals surface area contributed by atoms with E-state index in [0.29, 0.717) is 25.6 Å². The molecule has 0 fully saturated rings. The molecule has 2 aromatic carbocycles. The lowest BCUT2D eigenvalue weighted by Crippen LogP contribution is -2.09. The van der Waals surface area contributed by atoms with Crippen molar-refractivity contribution < 1.29 is 9.13 Å². The second-order valence-electron chi connectivity index (χ2n) is 5.49. The summed E-state index contributed by atoms with van der Waals surface area (Å²) in [6, 6.07) is 12.0. The molecule has 3 aromatic rings. The molecular formula is C18H17BrFN5O. The molecule has 0 saturated heterocycles. The average Bonchev–Trinajstić information content (AvgIpc) is 3.08. The zero-order valence-electron chi connectivity index (χ0n) is 13.9. The largest absolute Gasteiger partial charge is 0.489 e. The summed E-state index contributed by atoms with van der Waals surface area (Å²) in [5, 5.41) is 14.7. The van der Waals surface area contributed by atoms with Crippen molar-refractivity contribution in [2.75, 3.05) is 5.32 Å². The van der Waals surface area contributed by atoms with Gasteiger partial charge >= 0.3 is 0 Å². The second-order valence-corrected chi connectivity index (χ2v) is 6.41. The molecule has 0 amide bonds. The van der Waals surface area contributed by atoms with E-state index < -0.39 is 0 Å². The van der Waals surface area contributed by atoms with Gasteiger partial charge < -0.3 is 10.1 Å². The van der Waals surface area contributed by atoms with Gasteiger partial charge in [0.2, 0.25) is 5.95 Å². The van der Waals surface area contributed by atoms with Crippen LogP contribution in [0.25, 0.3) is 0 Å². The molecule has 0 atom stereocenters. The van der Waals surface area contributed by atoms with Gasteiger partial charge in [0.1, 0.15) is 18.2 Å². The summed E-state index contributed by atoms with van der Waals surface area (Å²) in [6.45, 7) is 5.03. The number of halogens is 2. The first-order chi connectivity index (χ1) is 12.7. The first-order valence-electron chi connectivity index (χ1n) is 7.92. The molecule has 0 aliphatic rings. The third-order valence-electron chi connectivity index (χ3n) is 3.60. The Morgan fingerprint density at radius 2 is 2.04 bits per heavy atom. The van der Waals surface area contributed by atoms with Crippen LogP contribution in [0.1, 0.15) is 11.1 Å². The summed E-state index contributed by atoms with van der Waals surface area (Å²) in [5.41, 5.74) is 1.83. The molecule has 8 heteroatoms. The van der Waals surface area contributed by atoms with E-state index in [4.69, 9.17) is 4.74 Å². The van der Waals surface area contributed by atoms with Crippen LogP contribution in [-0.4, -0.2) is 20.2 Å². The number of tetrazole rings is 1. The van der Waals surface area contributed by atoms with E-state index in [0.717, 1.165) is 21.3 Å². The molecule has 0 aliphatic carbocycles. The zero-order chi connectivity index (χ0) is 18.4. The van der Waals surface area contributed by atoms with Crippen LogP contribution in [0, 0.1) is 5.82 Å². The van der Waals surface area contributed by atoms with E-state index in [2.05, 4.69) is 43.4 Å². The number of nitrogens with zero attached hydrogens (tertiary/aromatic N) is 4. The Morgan fingerprint density at radius 3 is 2.81 bits per heavy atom. The fourth-order valence-corrected chi connectivity index (χ4v) is 2.73. The number of aromatic nitrogens is 4. The van der Waals surface area contributed by atoms with Gasteiger partial charge in [-0.2, -0.15) is 0 Å². The lowest BCUT2D eigenvalue weighted by molar-refractivity contribution is 0.303. The van der Waals surface area contributed by atoms with E-state index in [1.807, 2.05) is 18.2 Å². The Morgan fingerprint density at radius 1 is 1.23 bits per heavy atom. The quantitative estimate of drug-likeness (QED) is 0.562. The van der Waals surface area contributed by atoms with Crippen molar-refractivity contribution >= 4 is 21.9 Å². The molecule has 26 heavy (non-hydrogen) atoms. The fourth-order valence-electron chi connectivity index (χ4n) is 2.32. The normalized spacial score (nSPS) is 10.5. The first kappa shape index (κ1) is 18.1. The van der Waals surface area contributed by atoms with E-state index in [1.54, 1.807) is 22.9 Å². The number of hydrogen-bond donors (Lipinski definition) is 1. The summed E-state index contributed by atoms with van der Waals surface area (Å²) in [6.07, 6.45) is 1.72. The smallest absolute Gasteiger partial charge is 0.243 e. The highest BCUT2D eigenvalue weighted by Crippen LogP contribution is 2.25. The summed E-state index contributed by atoms with van der Waals surface area (Å²) >= 11 is 3.47. The van der Waals surface area contributed by atoms with Crippen molar-refractivity contribution in [1.82, 2.24) is 20.2 Å². The van der Waals surface area contributed by atoms with Gasteiger partial charge in [0.05, 0.1) is 6.54 Å². The standard InChI is InChI=1S/C18H17BrFN5O/c1-2-9-25-18(22-23-24-25)21-11-14-10-15(19)5-8-17(14)26-12-13-3-6-16(20)7-4-13/h2-8,10H,1,9,11-12H2,(H,21,22,24). The van der Waals surface area contributed by atoms with Crippen molar-refractivity contribution in [1.29, 1.82) is 0 Å². The number of hydrogen-bond acceptors (Lipinski definition) is 5. The van der Waals surface area contributed by atoms with E-state index >= 15 is 0 Å². The highest BCUT2D eigenvalue weighted by molar-refractivity contribution is 9.10. The number of anilines is 1. The van der Waals surface area contributed by atoms with Crippen LogP contribution < -0.4 is 10.1 Å². The molecule has 0 radical (unpaired) electrons. The molecule has 0 unspecified atom stereocenters. The molecule has 6 nitrogen and oxygen atoms in total. The third kappa shape index (κ3) is 4.66. The van der Waals surface area contributed by atoms with Crippen molar-refractivity contribution in [2.45, 2.75) is 19.7 Å². The van der Waals surface area contributed by atoms with Gasteiger partial charge in [-0.05, 0) is 46.3 Å². The molecule has 1 heterocycles. The maximum absolute atomic E-state index is 13.0. The van der Waals surface area contributed by atoms with Crippen molar-refractivity contribution in [3.05, 3.63) is 76.5 Å². The van der Waals surface area contributed by atoms with Gasteiger partial charge in [0.25, 0.3) is 0 Å². The number of allylic oxidation sites excluding steroid dienone is 1. The number of rotatable bonds is 8. The SMILES string of the molecule is C=CCn1nnnc1NCc1cc(Br)ccc1OCc1ccc(F)cc1. The fraction of sp³-hybridized carbons (Fsp3) is 0.167. The van der Waals surface area contributed by atoms with E-state index in [-0.39, 0.29) is 5.82 Å². The second kappa shape index (κ2) is 8.57. The summed E-state index contributed by atoms with van der Waals surface area (Å²) in [5.74, 6) is 1.02. The minimum Gasteiger partial charge on any atom is -0.489 e. The third-order valence-corrected chi connectivity index (χ3v) is 4.09. The lowest BCUT2D eigenvalue weighted by atomic mass is 10.2. The molecule has 134 valence electrons. The molecule has 0 bridgehead atoms. The molecule has 0 aliphatic heterocycles. The number of nitrogens with one attached hydrogen (secondary N) is 1. The van der Waals surface area contributed by atoms with Gasteiger partial charge in [0, 0.05) is 16.6 Å². The molecular weight excluding hydrogens is 401 g/mol. The van der Waals surface area contributed by atoms with Crippen LogP contribution >= 0.6 is 15.9 Å². The summed E-state index contributed by atoms with van der Waals surface area (Å²) in [4.78, 5) is 0. The molecule has 0 spiro atoms. The minimum absolute atomic E-state index is 0.264. The van der Waals surface area contributed by atoms with Gasteiger partial charge in [0.15, 0.2) is 0 Å². The predicted molar refractivity (Wildman–Crippen MR) is 100 cm³/mol. The van der Waals surface area contributed by atoms with Crippen LogP contribution in [0.15, 0.2) is 59.6 Å². The van der Waals surface area contributed by atoms with E-state index in [1.165, 1.54) is 12.1 Å². The topological polar surface area (TPSA) is 64.9 Å². The van der Waals surface area contributed by atoms with Gasteiger partial charge in [-0.25, -0.2) is 9.07 Å². The minimum atomic E-state index is -0.264. The highest BCUT2D eigenvalue weighted by Gasteiger charge is 2.09. The Kier molecular flexibility index (Phi) is 5.96. The van der Waals surface area contributed by atoms with Gasteiger partial charge in [-0.15, -0.1) is 6.58 Å². The summed E-state index contributed by atoms with van der Waals surface area (Å²) < 4.78 is 21.5. The van der Waals surface area contributed by atoms with Crippen LogP contribution in [0.5, 0.6) is 5.75 Å². The van der Waals surface area contributed by atoms with Crippen LogP contribution in [0.2, 0.25) is 0 Å². The van der Waals surface area contributed by atoms with E-state index in [9.17, 15) is 4.39 Å². The number of ether oxygens (including phenoxy) is 1. The van der Waals surface area contributed by atoms with Crippen molar-refractivity contribution in [2.24, 2.45) is 0 Å². The monoisotopic (exact) mass is 417 g/mol. The molecule has 1 aromatic heterocycles. The van der Waals surface area contributed by atoms with Gasteiger partial charge in [-0.3, -0.25) is 0 Å². The average molecular weight is 418 g/mol. The lowest BCUT2D eigenvalue weighted by Gasteiger charge is -2.13. The Balaban J connectivity index is 1.70. The Hall–Kier alpha value is -2.74. The van der Waals surface area contributed by atoms with Crippen LogP contribution in [-0.2, 0) is 19.7 Å². The predicted octanol–water partition coefficient (Wildman–Crippen LogP) is 3.95. The van der Waals surface area contributed by atoms with Crippen molar-refractivity contribution in [3.8, 4) is 5.75 Å². The molecule has 0 saturated carbocycles. The Labute approximate surface area is 158 Å². The van der Waals surface area contributed by atoms with Gasteiger partial charge in [-0.1, -0.05) is 39.2 Å². The highest BCUT2D eigenvalue weighted by atomic mass is 79.9. The molecule has 3 rings (SSSR count). The number of benzene rings is 2.